The number of carbonyl (C=O) groups is 2. The van der Waals surface area contributed by atoms with Crippen molar-refractivity contribution in [3.8, 4) is 0 Å². The molecule has 9 nitrogen and oxygen atoms in total. The quantitative estimate of drug-likeness (QED) is 0.0211. The van der Waals surface area contributed by atoms with Crippen LogP contribution in [0.4, 0.5) is 0 Å². The molecule has 0 aliphatic carbocycles. The Morgan fingerprint density at radius 3 is 1.14 bits per heavy atom. The Labute approximate surface area is 403 Å². The van der Waals surface area contributed by atoms with E-state index in [2.05, 4.69) is 26.0 Å². The van der Waals surface area contributed by atoms with Gasteiger partial charge in [0.05, 0.1) is 27.7 Å². The number of likely N-dealkylation sites (N-methyl/N-ethyl adjacent to an activating group) is 1. The van der Waals surface area contributed by atoms with Crippen molar-refractivity contribution in [3.63, 3.8) is 0 Å². The second kappa shape index (κ2) is 47.8. The Morgan fingerprint density at radius 1 is 0.462 bits per heavy atom. The highest BCUT2D eigenvalue weighted by Crippen LogP contribution is 2.43. The van der Waals surface area contributed by atoms with E-state index in [1.165, 1.54) is 212 Å². The number of phosphoric ester groups is 1. The van der Waals surface area contributed by atoms with Gasteiger partial charge >= 0.3 is 19.8 Å². The lowest BCUT2D eigenvalue weighted by Gasteiger charge is -2.24. The van der Waals surface area contributed by atoms with Crippen molar-refractivity contribution < 1.29 is 42.1 Å². The maximum absolute atomic E-state index is 12.8. The second-order valence-corrected chi connectivity index (χ2v) is 21.8. The zero-order chi connectivity index (χ0) is 47.8. The van der Waals surface area contributed by atoms with E-state index in [9.17, 15) is 19.0 Å². The van der Waals surface area contributed by atoms with Gasteiger partial charge in [-0.1, -0.05) is 238 Å². The summed E-state index contributed by atoms with van der Waals surface area (Å²) in [4.78, 5) is 35.6. The highest BCUT2D eigenvalue weighted by molar-refractivity contribution is 7.47. The van der Waals surface area contributed by atoms with Crippen LogP contribution in [0, 0.1) is 0 Å². The monoisotopic (exact) mass is 943 g/mol. The molecule has 0 spiro atoms. The van der Waals surface area contributed by atoms with E-state index in [0.29, 0.717) is 23.9 Å². The number of quaternary nitrogens is 1. The van der Waals surface area contributed by atoms with Crippen LogP contribution in [0.15, 0.2) is 12.2 Å². The van der Waals surface area contributed by atoms with Crippen molar-refractivity contribution in [2.45, 2.75) is 283 Å². The van der Waals surface area contributed by atoms with Crippen LogP contribution < -0.4 is 0 Å². The van der Waals surface area contributed by atoms with Crippen LogP contribution in [-0.4, -0.2) is 74.9 Å². The zero-order valence-electron chi connectivity index (χ0n) is 43.8. The molecule has 0 saturated carbocycles. The molecular weight excluding hydrogens is 834 g/mol. The Morgan fingerprint density at radius 2 is 0.785 bits per heavy atom. The summed E-state index contributed by atoms with van der Waals surface area (Å²) in [6.07, 6.45) is 54.1. The van der Waals surface area contributed by atoms with E-state index in [-0.39, 0.29) is 25.6 Å². The van der Waals surface area contributed by atoms with Crippen LogP contribution in [-0.2, 0) is 32.7 Å². The average molecular weight is 943 g/mol. The standard InChI is InChI=1S/C55H108NO8P/c1-6-8-10-12-14-16-18-20-22-24-26-27-28-30-31-33-35-37-39-41-43-45-47-54(57)61-51-53(52-63-65(59,60)62-50-49-56(3,4)5)64-55(58)48-46-44-42-40-38-36-34-32-29-25-23-21-19-17-15-13-11-9-7-2/h21,23,53H,6-20,22,24-52H2,1-5H3/p+1/b23-21-. The predicted octanol–water partition coefficient (Wildman–Crippen LogP) is 16.9. The first-order chi connectivity index (χ1) is 31.5. The fourth-order valence-corrected chi connectivity index (χ4v) is 8.93. The molecule has 0 heterocycles. The number of unbranched alkanes of at least 4 members (excludes halogenated alkanes) is 36. The number of hydrogen-bond acceptors (Lipinski definition) is 7. The summed E-state index contributed by atoms with van der Waals surface area (Å²) in [6, 6.07) is 0. The van der Waals surface area contributed by atoms with Crippen LogP contribution in [0.5, 0.6) is 0 Å². The molecule has 2 atom stereocenters. The molecule has 0 saturated heterocycles. The van der Waals surface area contributed by atoms with Crippen molar-refractivity contribution in [1.29, 1.82) is 0 Å². The van der Waals surface area contributed by atoms with Crippen molar-refractivity contribution >= 4 is 19.8 Å². The van der Waals surface area contributed by atoms with Gasteiger partial charge < -0.3 is 18.9 Å². The summed E-state index contributed by atoms with van der Waals surface area (Å²) in [5.41, 5.74) is 0. The van der Waals surface area contributed by atoms with Crippen LogP contribution in [0.1, 0.15) is 277 Å². The fourth-order valence-electron chi connectivity index (χ4n) is 8.19. The molecule has 1 N–H and O–H groups in total. The van der Waals surface area contributed by atoms with Gasteiger partial charge in [0.2, 0.25) is 0 Å². The number of rotatable bonds is 52. The molecule has 386 valence electrons. The van der Waals surface area contributed by atoms with Gasteiger partial charge in [0, 0.05) is 12.8 Å². The van der Waals surface area contributed by atoms with Gasteiger partial charge in [-0.15, -0.1) is 0 Å². The van der Waals surface area contributed by atoms with Crippen LogP contribution >= 0.6 is 7.82 Å². The summed E-state index contributed by atoms with van der Waals surface area (Å²) < 4.78 is 34.5. The van der Waals surface area contributed by atoms with Gasteiger partial charge in [0.25, 0.3) is 0 Å². The minimum Gasteiger partial charge on any atom is -0.462 e. The Hall–Kier alpha value is -1.25. The number of allylic oxidation sites excluding steroid dienone is 2. The lowest BCUT2D eigenvalue weighted by atomic mass is 10.0. The van der Waals surface area contributed by atoms with E-state index < -0.39 is 26.5 Å². The lowest BCUT2D eigenvalue weighted by molar-refractivity contribution is -0.870. The van der Waals surface area contributed by atoms with Gasteiger partial charge in [-0.2, -0.15) is 0 Å². The number of hydrogen-bond donors (Lipinski definition) is 1. The molecular formula is C55H109NO8P+. The van der Waals surface area contributed by atoms with E-state index >= 15 is 0 Å². The van der Waals surface area contributed by atoms with Crippen molar-refractivity contribution in [1.82, 2.24) is 0 Å². The number of phosphoric acid groups is 1. The highest BCUT2D eigenvalue weighted by Gasteiger charge is 2.27. The summed E-state index contributed by atoms with van der Waals surface area (Å²) >= 11 is 0. The SMILES string of the molecule is CCCCCCCC/C=C\CCCCCCCCCCCC(=O)OC(COC(=O)CCCCCCCCCCCCCCCCCCCCCCCC)COP(=O)(O)OCC[N+](C)(C)C. The zero-order valence-corrected chi connectivity index (χ0v) is 44.6. The van der Waals surface area contributed by atoms with Crippen molar-refractivity contribution in [2.75, 3.05) is 47.5 Å². The molecule has 0 aromatic rings. The summed E-state index contributed by atoms with van der Waals surface area (Å²) in [5.74, 6) is -0.782. The van der Waals surface area contributed by atoms with Crippen molar-refractivity contribution in [3.05, 3.63) is 12.2 Å². The normalized spacial score (nSPS) is 13.4. The smallest absolute Gasteiger partial charge is 0.462 e. The average Bonchev–Trinajstić information content (AvgIpc) is 3.26. The number of ether oxygens (including phenoxy) is 2. The van der Waals surface area contributed by atoms with Crippen molar-refractivity contribution in [2.24, 2.45) is 0 Å². The Balaban J connectivity index is 4.15. The lowest BCUT2D eigenvalue weighted by Crippen LogP contribution is -2.37. The van der Waals surface area contributed by atoms with E-state index in [1.54, 1.807) is 0 Å². The first-order valence-electron chi connectivity index (χ1n) is 27.9. The molecule has 10 heteroatoms. The van der Waals surface area contributed by atoms with Gasteiger partial charge in [-0.05, 0) is 38.5 Å². The molecule has 65 heavy (non-hydrogen) atoms. The first kappa shape index (κ1) is 63.8. The largest absolute Gasteiger partial charge is 0.472 e. The van der Waals surface area contributed by atoms with Crippen LogP contribution in [0.2, 0.25) is 0 Å². The number of nitrogens with zero attached hydrogens (tertiary/aromatic N) is 1. The molecule has 0 aliphatic rings. The van der Waals surface area contributed by atoms with Gasteiger partial charge in [-0.25, -0.2) is 4.57 Å². The minimum absolute atomic E-state index is 0.0350. The molecule has 0 fully saturated rings. The third-order valence-corrected chi connectivity index (χ3v) is 13.5. The molecule has 0 bridgehead atoms. The predicted molar refractivity (Wildman–Crippen MR) is 275 cm³/mol. The number of carbonyl (C=O) groups excluding carboxylic acids is 2. The Kier molecular flexibility index (Phi) is 46.9. The number of esters is 2. The molecule has 0 aliphatic heterocycles. The maximum Gasteiger partial charge on any atom is 0.472 e. The fraction of sp³-hybridized carbons (Fsp3) is 0.927. The first-order valence-corrected chi connectivity index (χ1v) is 29.4. The van der Waals surface area contributed by atoms with Gasteiger partial charge in [-0.3, -0.25) is 18.6 Å². The minimum atomic E-state index is -4.38. The maximum atomic E-state index is 12.8. The van der Waals surface area contributed by atoms with E-state index in [1.807, 2.05) is 21.1 Å². The third kappa shape index (κ3) is 52.0. The molecule has 0 radical (unpaired) electrons. The summed E-state index contributed by atoms with van der Waals surface area (Å²) in [6.45, 7) is 4.48. The van der Waals surface area contributed by atoms with Crippen LogP contribution in [0.3, 0.4) is 0 Å². The topological polar surface area (TPSA) is 108 Å². The van der Waals surface area contributed by atoms with Gasteiger partial charge in [0.15, 0.2) is 6.10 Å². The second-order valence-electron chi connectivity index (χ2n) is 20.3. The molecule has 2 unspecified atom stereocenters. The van der Waals surface area contributed by atoms with Crippen LogP contribution in [0.25, 0.3) is 0 Å². The van der Waals surface area contributed by atoms with Gasteiger partial charge in [0.1, 0.15) is 19.8 Å². The molecule has 0 rings (SSSR count). The highest BCUT2D eigenvalue weighted by atomic mass is 31.2. The van der Waals surface area contributed by atoms with E-state index in [4.69, 9.17) is 18.5 Å². The molecule has 0 aromatic carbocycles. The summed E-state index contributed by atoms with van der Waals surface area (Å²) in [7, 11) is 1.49. The summed E-state index contributed by atoms with van der Waals surface area (Å²) in [5, 5.41) is 0. The van der Waals surface area contributed by atoms with E-state index in [0.717, 1.165) is 32.1 Å². The third-order valence-electron chi connectivity index (χ3n) is 12.5. The molecule has 0 aromatic heterocycles. The Bertz CT molecular complexity index is 1110. The molecule has 0 amide bonds.